The Balaban J connectivity index is 1.44. The summed E-state index contributed by atoms with van der Waals surface area (Å²) in [6.45, 7) is 4.17. The molecule has 1 heterocycles. The van der Waals surface area contributed by atoms with E-state index in [1.54, 1.807) is 42.5 Å². The third-order valence-corrected chi connectivity index (χ3v) is 5.36. The molecule has 2 amide bonds. The molecule has 0 spiro atoms. The summed E-state index contributed by atoms with van der Waals surface area (Å²) >= 11 is 0. The summed E-state index contributed by atoms with van der Waals surface area (Å²) in [5, 5.41) is 7.07. The molecule has 1 aliphatic rings. The van der Waals surface area contributed by atoms with Gasteiger partial charge in [0, 0.05) is 11.5 Å². The number of hydrogen-bond acceptors (Lipinski definition) is 6. The topological polar surface area (TPSA) is 120 Å². The average Bonchev–Trinajstić information content (AvgIpc) is 3.53. The van der Waals surface area contributed by atoms with Gasteiger partial charge < -0.3 is 20.3 Å². The zero-order valence-corrected chi connectivity index (χ0v) is 18.1. The fourth-order valence-electron chi connectivity index (χ4n) is 3.38. The number of carbonyl (C=O) groups excluding carboxylic acids is 2. The van der Waals surface area contributed by atoms with Crippen LogP contribution in [0, 0.1) is 5.92 Å². The Kier molecular flexibility index (Phi) is 6.20. The van der Waals surface area contributed by atoms with Crippen molar-refractivity contribution in [1.29, 1.82) is 0 Å². The van der Waals surface area contributed by atoms with Gasteiger partial charge in [-0.05, 0) is 48.6 Å². The number of aromatic nitrogens is 2. The van der Waals surface area contributed by atoms with Gasteiger partial charge in [0.1, 0.15) is 18.4 Å². The molecule has 0 bridgehead atoms. The van der Waals surface area contributed by atoms with Crippen LogP contribution in [0.3, 0.4) is 0 Å². The van der Waals surface area contributed by atoms with Crippen LogP contribution in [-0.2, 0) is 6.61 Å². The van der Waals surface area contributed by atoms with Crippen LogP contribution in [0.15, 0.2) is 53.1 Å². The fourth-order valence-corrected chi connectivity index (χ4v) is 3.38. The van der Waals surface area contributed by atoms with Gasteiger partial charge in [0.2, 0.25) is 5.89 Å². The molecule has 166 valence electrons. The number of primary amides is 1. The van der Waals surface area contributed by atoms with E-state index in [9.17, 15) is 9.59 Å². The predicted molar refractivity (Wildman–Crippen MR) is 117 cm³/mol. The van der Waals surface area contributed by atoms with Gasteiger partial charge in [-0.2, -0.15) is 4.98 Å². The van der Waals surface area contributed by atoms with Crippen molar-refractivity contribution in [2.75, 3.05) is 0 Å². The highest BCUT2D eigenvalue weighted by Gasteiger charge is 2.31. The number of para-hydroxylation sites is 1. The summed E-state index contributed by atoms with van der Waals surface area (Å²) in [5.41, 5.74) is 6.98. The van der Waals surface area contributed by atoms with Crippen LogP contribution in [0.5, 0.6) is 5.75 Å². The highest BCUT2D eigenvalue weighted by atomic mass is 16.5. The molecule has 4 rings (SSSR count). The summed E-state index contributed by atoms with van der Waals surface area (Å²) in [6.07, 6.45) is 2.16. The van der Waals surface area contributed by atoms with Crippen molar-refractivity contribution >= 4 is 11.8 Å². The second kappa shape index (κ2) is 9.21. The third kappa shape index (κ3) is 4.96. The van der Waals surface area contributed by atoms with Gasteiger partial charge in [-0.15, -0.1) is 0 Å². The number of carbonyl (C=O) groups is 2. The molecule has 1 aromatic heterocycles. The van der Waals surface area contributed by atoms with Gasteiger partial charge in [0.05, 0.1) is 5.56 Å². The molecule has 8 nitrogen and oxygen atoms in total. The summed E-state index contributed by atoms with van der Waals surface area (Å²) in [4.78, 5) is 29.0. The van der Waals surface area contributed by atoms with E-state index in [1.165, 1.54) is 0 Å². The second-order valence-electron chi connectivity index (χ2n) is 8.31. The molecule has 1 saturated carbocycles. The van der Waals surface area contributed by atoms with Crippen LogP contribution in [0.1, 0.15) is 76.6 Å². The zero-order chi connectivity index (χ0) is 22.7. The average molecular weight is 434 g/mol. The highest BCUT2D eigenvalue weighted by molar-refractivity contribution is 5.95. The lowest BCUT2D eigenvalue weighted by Gasteiger charge is -2.18. The number of nitrogens with one attached hydrogen (secondary N) is 1. The second-order valence-corrected chi connectivity index (χ2v) is 8.31. The minimum atomic E-state index is -0.556. The minimum absolute atomic E-state index is 0.0725. The van der Waals surface area contributed by atoms with Gasteiger partial charge in [0.25, 0.3) is 11.8 Å². The Morgan fingerprint density at radius 3 is 2.69 bits per heavy atom. The lowest BCUT2D eigenvalue weighted by atomic mass is 10.0. The van der Waals surface area contributed by atoms with Crippen molar-refractivity contribution in [2.24, 2.45) is 11.7 Å². The van der Waals surface area contributed by atoms with Gasteiger partial charge in [-0.1, -0.05) is 43.3 Å². The molecule has 1 atom stereocenters. The number of amides is 2. The SMILES string of the molecule is CC(C)C(NC(=O)c1cccc(COc2ccccc2C(N)=O)c1)c1nc(C2CC2)no1. The molecular formula is C24H26N4O4. The van der Waals surface area contributed by atoms with E-state index in [-0.39, 0.29) is 24.5 Å². The largest absolute Gasteiger partial charge is 0.488 e. The Morgan fingerprint density at radius 2 is 1.97 bits per heavy atom. The van der Waals surface area contributed by atoms with Gasteiger partial charge in [-0.25, -0.2) is 0 Å². The van der Waals surface area contributed by atoms with Crippen LogP contribution in [0.2, 0.25) is 0 Å². The van der Waals surface area contributed by atoms with E-state index in [4.69, 9.17) is 15.0 Å². The molecule has 0 radical (unpaired) electrons. The van der Waals surface area contributed by atoms with Crippen LogP contribution in [-0.4, -0.2) is 22.0 Å². The number of ether oxygens (including phenoxy) is 1. The van der Waals surface area contributed by atoms with E-state index >= 15 is 0 Å². The molecule has 8 heteroatoms. The number of hydrogen-bond donors (Lipinski definition) is 2. The summed E-state index contributed by atoms with van der Waals surface area (Å²) in [6, 6.07) is 13.5. The normalized spacial score (nSPS) is 14.2. The van der Waals surface area contributed by atoms with Crippen molar-refractivity contribution in [3.05, 3.63) is 76.9 Å². The number of benzene rings is 2. The maximum atomic E-state index is 13.0. The molecule has 3 aromatic rings. The molecule has 0 saturated heterocycles. The van der Waals surface area contributed by atoms with Crippen LogP contribution in [0.4, 0.5) is 0 Å². The fraction of sp³-hybridized carbons (Fsp3) is 0.333. The first-order chi connectivity index (χ1) is 15.4. The number of rotatable bonds is 9. The van der Waals surface area contributed by atoms with Crippen LogP contribution < -0.4 is 15.8 Å². The number of nitrogens with two attached hydrogens (primary N) is 1. The smallest absolute Gasteiger partial charge is 0.252 e. The molecule has 1 unspecified atom stereocenters. The van der Waals surface area contributed by atoms with E-state index < -0.39 is 5.91 Å². The molecule has 3 N–H and O–H groups in total. The summed E-state index contributed by atoms with van der Waals surface area (Å²) < 4.78 is 11.2. The molecule has 0 aliphatic heterocycles. The molecule has 32 heavy (non-hydrogen) atoms. The van der Waals surface area contributed by atoms with Crippen LogP contribution in [0.25, 0.3) is 0 Å². The summed E-state index contributed by atoms with van der Waals surface area (Å²) in [5.74, 6) is 1.20. The minimum Gasteiger partial charge on any atom is -0.488 e. The standard InChI is InChI=1S/C24H26N4O4/c1-14(2)20(24-27-22(28-32-24)16-10-11-16)26-23(30)17-7-5-6-15(12-17)13-31-19-9-4-3-8-18(19)21(25)29/h3-9,12,14,16,20H,10-11,13H2,1-2H3,(H2,25,29)(H,26,30). The van der Waals surface area contributed by atoms with Gasteiger partial charge in [-0.3, -0.25) is 9.59 Å². The van der Waals surface area contributed by atoms with E-state index in [1.807, 2.05) is 19.9 Å². The van der Waals surface area contributed by atoms with Gasteiger partial charge in [0.15, 0.2) is 5.82 Å². The van der Waals surface area contributed by atoms with E-state index in [0.717, 1.165) is 24.2 Å². The zero-order valence-electron chi connectivity index (χ0n) is 18.1. The first-order valence-electron chi connectivity index (χ1n) is 10.7. The molecule has 1 fully saturated rings. The number of nitrogens with zero attached hydrogens (tertiary/aromatic N) is 2. The van der Waals surface area contributed by atoms with Crippen molar-refractivity contribution < 1.29 is 18.8 Å². The maximum absolute atomic E-state index is 13.0. The maximum Gasteiger partial charge on any atom is 0.252 e. The lowest BCUT2D eigenvalue weighted by Crippen LogP contribution is -2.32. The first kappa shape index (κ1) is 21.5. The Labute approximate surface area is 186 Å². The molecule has 1 aliphatic carbocycles. The molecular weight excluding hydrogens is 408 g/mol. The van der Waals surface area contributed by atoms with E-state index in [0.29, 0.717) is 28.7 Å². The third-order valence-electron chi connectivity index (χ3n) is 5.36. The summed E-state index contributed by atoms with van der Waals surface area (Å²) in [7, 11) is 0. The van der Waals surface area contributed by atoms with Crippen LogP contribution >= 0.6 is 0 Å². The van der Waals surface area contributed by atoms with Crippen molar-refractivity contribution in [1.82, 2.24) is 15.5 Å². The Bertz CT molecular complexity index is 1120. The molecule has 2 aromatic carbocycles. The highest BCUT2D eigenvalue weighted by Crippen LogP contribution is 2.38. The monoisotopic (exact) mass is 434 g/mol. The quantitative estimate of drug-likeness (QED) is 0.529. The van der Waals surface area contributed by atoms with Gasteiger partial charge >= 0.3 is 0 Å². The Hall–Kier alpha value is -3.68. The lowest BCUT2D eigenvalue weighted by molar-refractivity contribution is 0.0913. The van der Waals surface area contributed by atoms with Crippen molar-refractivity contribution in [2.45, 2.75) is 45.3 Å². The van der Waals surface area contributed by atoms with Crippen molar-refractivity contribution in [3.8, 4) is 5.75 Å². The first-order valence-corrected chi connectivity index (χ1v) is 10.7. The van der Waals surface area contributed by atoms with E-state index in [2.05, 4.69) is 15.5 Å². The Morgan fingerprint density at radius 1 is 1.19 bits per heavy atom. The predicted octanol–water partition coefficient (Wildman–Crippen LogP) is 3.75. The van der Waals surface area contributed by atoms with Crippen molar-refractivity contribution in [3.63, 3.8) is 0 Å².